The molecule has 116 valence electrons. The van der Waals surface area contributed by atoms with E-state index in [1.165, 1.54) is 10.4 Å². The molecule has 0 unspecified atom stereocenters. The number of ether oxygens (including phenoxy) is 1. The van der Waals surface area contributed by atoms with Crippen LogP contribution in [0.3, 0.4) is 0 Å². The maximum absolute atomic E-state index is 12.1. The minimum absolute atomic E-state index is 0.00239. The van der Waals surface area contributed by atoms with Gasteiger partial charge in [0.05, 0.1) is 13.2 Å². The predicted molar refractivity (Wildman–Crippen MR) is 79.2 cm³/mol. The van der Waals surface area contributed by atoms with Crippen LogP contribution in [0, 0.1) is 6.92 Å². The summed E-state index contributed by atoms with van der Waals surface area (Å²) in [4.78, 5) is 15.2. The largest absolute Gasteiger partial charge is 0.378 e. The van der Waals surface area contributed by atoms with Crippen molar-refractivity contribution in [1.82, 2.24) is 25.1 Å². The number of rotatable bonds is 4. The van der Waals surface area contributed by atoms with Crippen LogP contribution in [0.1, 0.15) is 17.0 Å². The van der Waals surface area contributed by atoms with Crippen LogP contribution in [-0.4, -0.2) is 57.3 Å². The molecule has 2 heterocycles. The van der Waals surface area contributed by atoms with Gasteiger partial charge in [0.2, 0.25) is 5.91 Å². The van der Waals surface area contributed by atoms with Crippen LogP contribution in [0.4, 0.5) is 0 Å². The van der Waals surface area contributed by atoms with Gasteiger partial charge >= 0.3 is 0 Å². The van der Waals surface area contributed by atoms with E-state index < -0.39 is 0 Å². The first kappa shape index (κ1) is 14.6. The molecule has 1 aromatic carbocycles. The van der Waals surface area contributed by atoms with Crippen LogP contribution < -0.4 is 0 Å². The van der Waals surface area contributed by atoms with Crippen LogP contribution in [0.25, 0.3) is 0 Å². The summed E-state index contributed by atoms with van der Waals surface area (Å²) in [7, 11) is 0. The number of carbonyl (C=O) groups is 1. The summed E-state index contributed by atoms with van der Waals surface area (Å²) in [6.07, 6.45) is 0.617. The highest BCUT2D eigenvalue weighted by molar-refractivity contribution is 5.75. The molecule has 1 aromatic heterocycles. The number of aryl methyl sites for hydroxylation is 1. The Bertz CT molecular complexity index is 632. The summed E-state index contributed by atoms with van der Waals surface area (Å²) >= 11 is 0. The van der Waals surface area contributed by atoms with E-state index >= 15 is 0 Å². The van der Waals surface area contributed by atoms with Gasteiger partial charge < -0.3 is 9.64 Å². The zero-order valence-electron chi connectivity index (χ0n) is 12.6. The van der Waals surface area contributed by atoms with Gasteiger partial charge in [0, 0.05) is 19.5 Å². The Hall–Kier alpha value is -2.28. The third-order valence-corrected chi connectivity index (χ3v) is 3.62. The molecule has 0 radical (unpaired) electrons. The van der Waals surface area contributed by atoms with Crippen molar-refractivity contribution in [3.05, 3.63) is 41.2 Å². The molecule has 0 aliphatic carbocycles. The molecule has 1 aliphatic rings. The highest BCUT2D eigenvalue weighted by Crippen LogP contribution is 2.07. The Balaban J connectivity index is 1.58. The van der Waals surface area contributed by atoms with Crippen molar-refractivity contribution in [2.24, 2.45) is 0 Å². The third-order valence-electron chi connectivity index (χ3n) is 3.62. The van der Waals surface area contributed by atoms with Crippen LogP contribution in [-0.2, 0) is 22.5 Å². The fourth-order valence-corrected chi connectivity index (χ4v) is 2.34. The number of morpholine rings is 1. The van der Waals surface area contributed by atoms with E-state index in [1.54, 1.807) is 4.90 Å². The molecule has 0 bridgehead atoms. The lowest BCUT2D eigenvalue weighted by Gasteiger charge is -2.26. The lowest BCUT2D eigenvalue weighted by molar-refractivity contribution is -0.136. The number of carbonyl (C=O) groups excluding carboxylic acids is 1. The summed E-state index contributed by atoms with van der Waals surface area (Å²) in [6.45, 7) is 4.62. The number of nitrogens with zero attached hydrogens (tertiary/aromatic N) is 5. The molecule has 0 spiro atoms. The first-order chi connectivity index (χ1) is 10.7. The summed E-state index contributed by atoms with van der Waals surface area (Å²) < 4.78 is 5.23. The summed E-state index contributed by atoms with van der Waals surface area (Å²) in [5.41, 5.74) is 2.35. The summed E-state index contributed by atoms with van der Waals surface area (Å²) in [6, 6.07) is 8.22. The number of hydrogen-bond acceptors (Lipinski definition) is 5. The lowest BCUT2D eigenvalue weighted by atomic mass is 10.1. The zero-order chi connectivity index (χ0) is 15.4. The van der Waals surface area contributed by atoms with Gasteiger partial charge in [-0.2, -0.15) is 4.80 Å². The second-order valence-corrected chi connectivity index (χ2v) is 5.39. The van der Waals surface area contributed by atoms with Gasteiger partial charge in [-0.3, -0.25) is 4.79 Å². The van der Waals surface area contributed by atoms with E-state index in [1.807, 2.05) is 0 Å². The highest BCUT2D eigenvalue weighted by Gasteiger charge is 2.18. The molecular formula is C15H19N5O2. The van der Waals surface area contributed by atoms with Gasteiger partial charge in [-0.05, 0) is 17.7 Å². The first-order valence-corrected chi connectivity index (χ1v) is 7.38. The Morgan fingerprint density at radius 2 is 1.95 bits per heavy atom. The molecule has 1 saturated heterocycles. The van der Waals surface area contributed by atoms with Gasteiger partial charge in [-0.25, -0.2) is 0 Å². The predicted octanol–water partition coefficient (Wildman–Crippen LogP) is 0.431. The summed E-state index contributed by atoms with van der Waals surface area (Å²) in [5.74, 6) is 0.626. The van der Waals surface area contributed by atoms with Gasteiger partial charge in [-0.15, -0.1) is 10.2 Å². The standard InChI is InChI=1S/C15H19N5O2/c1-12-2-4-13(5-3-12)10-14-16-18-20(17-14)11-15(21)19-6-8-22-9-7-19/h2-5H,6-11H2,1H3. The van der Waals surface area contributed by atoms with Gasteiger partial charge in [-0.1, -0.05) is 29.8 Å². The van der Waals surface area contributed by atoms with Crippen LogP contribution in [0.2, 0.25) is 0 Å². The second-order valence-electron chi connectivity index (χ2n) is 5.39. The van der Waals surface area contributed by atoms with Crippen molar-refractivity contribution in [3.8, 4) is 0 Å². The zero-order valence-corrected chi connectivity index (χ0v) is 12.6. The molecule has 2 aromatic rings. The van der Waals surface area contributed by atoms with Gasteiger partial charge in [0.15, 0.2) is 5.82 Å². The van der Waals surface area contributed by atoms with Gasteiger partial charge in [0.1, 0.15) is 6.54 Å². The van der Waals surface area contributed by atoms with Crippen molar-refractivity contribution < 1.29 is 9.53 Å². The number of hydrogen-bond donors (Lipinski definition) is 0. The molecule has 0 saturated carbocycles. The quantitative estimate of drug-likeness (QED) is 0.819. The molecule has 0 N–H and O–H groups in total. The van der Waals surface area contributed by atoms with E-state index in [0.29, 0.717) is 38.5 Å². The highest BCUT2D eigenvalue weighted by atomic mass is 16.5. The fourth-order valence-electron chi connectivity index (χ4n) is 2.34. The summed E-state index contributed by atoms with van der Waals surface area (Å²) in [5, 5.41) is 12.3. The lowest BCUT2D eigenvalue weighted by Crippen LogP contribution is -2.42. The topological polar surface area (TPSA) is 73.1 Å². The van der Waals surface area contributed by atoms with Crippen molar-refractivity contribution in [2.45, 2.75) is 19.9 Å². The van der Waals surface area contributed by atoms with E-state index in [4.69, 9.17) is 4.74 Å². The Labute approximate surface area is 128 Å². The maximum Gasteiger partial charge on any atom is 0.246 e. The second kappa shape index (κ2) is 6.65. The molecule has 7 heteroatoms. The molecule has 1 fully saturated rings. The molecule has 22 heavy (non-hydrogen) atoms. The average molecular weight is 301 g/mol. The van der Waals surface area contributed by atoms with E-state index in [-0.39, 0.29) is 12.5 Å². The van der Waals surface area contributed by atoms with E-state index in [2.05, 4.69) is 46.6 Å². The van der Waals surface area contributed by atoms with Crippen LogP contribution in [0.5, 0.6) is 0 Å². The molecule has 1 amide bonds. The van der Waals surface area contributed by atoms with Crippen LogP contribution in [0.15, 0.2) is 24.3 Å². The third kappa shape index (κ3) is 3.67. The van der Waals surface area contributed by atoms with Crippen molar-refractivity contribution in [1.29, 1.82) is 0 Å². The Morgan fingerprint density at radius 3 is 2.68 bits per heavy atom. The minimum Gasteiger partial charge on any atom is -0.378 e. The average Bonchev–Trinajstić information content (AvgIpc) is 2.97. The first-order valence-electron chi connectivity index (χ1n) is 7.38. The number of benzene rings is 1. The maximum atomic E-state index is 12.1. The SMILES string of the molecule is Cc1ccc(Cc2nnn(CC(=O)N3CCOCC3)n2)cc1. The number of amides is 1. The van der Waals surface area contributed by atoms with E-state index in [0.717, 1.165) is 5.56 Å². The molecular weight excluding hydrogens is 282 g/mol. The van der Waals surface area contributed by atoms with Crippen LogP contribution >= 0.6 is 0 Å². The van der Waals surface area contributed by atoms with Crippen molar-refractivity contribution in [2.75, 3.05) is 26.3 Å². The number of aromatic nitrogens is 4. The smallest absolute Gasteiger partial charge is 0.246 e. The molecule has 0 atom stereocenters. The minimum atomic E-state index is 0.00239. The molecule has 3 rings (SSSR count). The monoisotopic (exact) mass is 301 g/mol. The normalized spacial score (nSPS) is 15.0. The van der Waals surface area contributed by atoms with Crippen molar-refractivity contribution in [3.63, 3.8) is 0 Å². The Morgan fingerprint density at radius 1 is 1.23 bits per heavy atom. The van der Waals surface area contributed by atoms with E-state index in [9.17, 15) is 4.79 Å². The molecule has 7 nitrogen and oxygen atoms in total. The Kier molecular flexibility index (Phi) is 4.43. The van der Waals surface area contributed by atoms with Crippen molar-refractivity contribution >= 4 is 5.91 Å². The number of tetrazole rings is 1. The fraction of sp³-hybridized carbons (Fsp3) is 0.467. The molecule has 1 aliphatic heterocycles. The van der Waals surface area contributed by atoms with Gasteiger partial charge in [0.25, 0.3) is 0 Å².